The van der Waals surface area contributed by atoms with E-state index in [4.69, 9.17) is 0 Å². The van der Waals surface area contributed by atoms with E-state index >= 15 is 0 Å². The van der Waals surface area contributed by atoms with E-state index in [2.05, 4.69) is 22.1 Å². The SMILES string of the molecule is O=C(NCC1(CC2CC2)CCC1)c1ccc(C#Cc2ccc(F)cn2)cc1. The highest BCUT2D eigenvalue weighted by molar-refractivity contribution is 5.94. The Morgan fingerprint density at radius 2 is 1.93 bits per heavy atom. The van der Waals surface area contributed by atoms with Gasteiger partial charge in [0.25, 0.3) is 5.91 Å². The molecule has 2 fully saturated rings. The molecule has 0 bridgehead atoms. The van der Waals surface area contributed by atoms with Crippen LogP contribution in [-0.2, 0) is 0 Å². The van der Waals surface area contributed by atoms with Gasteiger partial charge in [0.15, 0.2) is 0 Å². The first-order valence-electron chi connectivity index (χ1n) is 9.64. The zero-order valence-electron chi connectivity index (χ0n) is 15.3. The number of hydrogen-bond acceptors (Lipinski definition) is 2. The molecular weight excluding hydrogens is 339 g/mol. The highest BCUT2D eigenvalue weighted by Crippen LogP contribution is 2.50. The number of benzene rings is 1. The molecule has 0 unspecified atom stereocenters. The maximum atomic E-state index is 12.8. The summed E-state index contributed by atoms with van der Waals surface area (Å²) in [6.07, 6.45) is 8.94. The van der Waals surface area contributed by atoms with Crippen LogP contribution < -0.4 is 5.32 Å². The summed E-state index contributed by atoms with van der Waals surface area (Å²) in [7, 11) is 0. The minimum Gasteiger partial charge on any atom is -0.351 e. The third kappa shape index (κ3) is 4.54. The van der Waals surface area contributed by atoms with Crippen LogP contribution in [0.5, 0.6) is 0 Å². The maximum absolute atomic E-state index is 12.8. The van der Waals surface area contributed by atoms with Crippen molar-refractivity contribution in [3.8, 4) is 11.8 Å². The minimum atomic E-state index is -0.378. The fourth-order valence-electron chi connectivity index (χ4n) is 3.72. The second-order valence-electron chi connectivity index (χ2n) is 7.87. The Bertz CT molecular complexity index is 869. The maximum Gasteiger partial charge on any atom is 0.251 e. The normalized spacial score (nSPS) is 17.4. The number of carbonyl (C=O) groups is 1. The van der Waals surface area contributed by atoms with Crippen LogP contribution in [0, 0.1) is 29.0 Å². The van der Waals surface area contributed by atoms with Crippen molar-refractivity contribution in [2.24, 2.45) is 11.3 Å². The smallest absolute Gasteiger partial charge is 0.251 e. The van der Waals surface area contributed by atoms with Crippen LogP contribution in [0.25, 0.3) is 0 Å². The van der Waals surface area contributed by atoms with E-state index in [1.54, 1.807) is 18.2 Å². The summed E-state index contributed by atoms with van der Waals surface area (Å²) in [5.74, 6) is 6.38. The molecule has 0 saturated heterocycles. The lowest BCUT2D eigenvalue weighted by Crippen LogP contribution is -2.42. The van der Waals surface area contributed by atoms with E-state index in [0.29, 0.717) is 16.7 Å². The van der Waals surface area contributed by atoms with E-state index in [9.17, 15) is 9.18 Å². The third-order valence-corrected chi connectivity index (χ3v) is 5.67. The molecule has 4 heteroatoms. The molecule has 0 atom stereocenters. The highest BCUT2D eigenvalue weighted by Gasteiger charge is 2.41. The molecule has 27 heavy (non-hydrogen) atoms. The number of nitrogens with zero attached hydrogens (tertiary/aromatic N) is 1. The van der Waals surface area contributed by atoms with Gasteiger partial charge in [-0.25, -0.2) is 9.37 Å². The number of nitrogens with one attached hydrogen (secondary N) is 1. The molecule has 0 spiro atoms. The van der Waals surface area contributed by atoms with Crippen molar-refractivity contribution in [2.75, 3.05) is 6.54 Å². The first-order chi connectivity index (χ1) is 13.1. The van der Waals surface area contributed by atoms with Crippen LogP contribution in [0.3, 0.4) is 0 Å². The van der Waals surface area contributed by atoms with Crippen molar-refractivity contribution in [2.45, 2.75) is 38.5 Å². The second kappa shape index (κ2) is 7.52. The molecule has 0 radical (unpaired) electrons. The number of aromatic nitrogens is 1. The largest absolute Gasteiger partial charge is 0.351 e. The molecule has 3 nitrogen and oxygen atoms in total. The molecular formula is C23H23FN2O. The predicted molar refractivity (Wildman–Crippen MR) is 103 cm³/mol. The molecule has 2 aliphatic carbocycles. The van der Waals surface area contributed by atoms with Crippen LogP contribution >= 0.6 is 0 Å². The standard InChI is InChI=1S/C23H23FN2O/c24-20-9-11-21(25-15-20)10-6-17-4-7-19(8-5-17)22(27)26-16-23(12-1-13-23)14-18-2-3-18/h4-5,7-9,11,15,18H,1-3,12-14,16H2,(H,26,27). The Morgan fingerprint density at radius 1 is 1.15 bits per heavy atom. The van der Waals surface area contributed by atoms with Crippen LogP contribution in [0.2, 0.25) is 0 Å². The van der Waals surface area contributed by atoms with Crippen LogP contribution in [0.1, 0.15) is 60.1 Å². The number of amides is 1. The molecule has 1 N–H and O–H groups in total. The average Bonchev–Trinajstić information content (AvgIpc) is 3.47. The Morgan fingerprint density at radius 3 is 2.52 bits per heavy atom. The van der Waals surface area contributed by atoms with Gasteiger partial charge in [-0.2, -0.15) is 0 Å². The number of carbonyl (C=O) groups excluding carboxylic acids is 1. The van der Waals surface area contributed by atoms with E-state index < -0.39 is 0 Å². The van der Waals surface area contributed by atoms with Crippen molar-refractivity contribution in [1.29, 1.82) is 0 Å². The van der Waals surface area contributed by atoms with Gasteiger partial charge < -0.3 is 5.32 Å². The number of hydrogen-bond donors (Lipinski definition) is 1. The van der Waals surface area contributed by atoms with Gasteiger partial charge in [-0.15, -0.1) is 0 Å². The van der Waals surface area contributed by atoms with E-state index in [1.165, 1.54) is 44.6 Å². The minimum absolute atomic E-state index is 0.0169. The fourth-order valence-corrected chi connectivity index (χ4v) is 3.72. The molecule has 4 rings (SSSR count). The van der Waals surface area contributed by atoms with Gasteiger partial charge in [0.1, 0.15) is 11.5 Å². The summed E-state index contributed by atoms with van der Waals surface area (Å²) in [6.45, 7) is 0.792. The molecule has 1 aromatic carbocycles. The molecule has 2 saturated carbocycles. The quantitative estimate of drug-likeness (QED) is 0.805. The molecule has 0 aliphatic heterocycles. The Kier molecular flexibility index (Phi) is 4.94. The highest BCUT2D eigenvalue weighted by atomic mass is 19.1. The van der Waals surface area contributed by atoms with Gasteiger partial charge in [0.2, 0.25) is 0 Å². The zero-order valence-corrected chi connectivity index (χ0v) is 15.3. The van der Waals surface area contributed by atoms with Gasteiger partial charge in [-0.1, -0.05) is 25.2 Å². The lowest BCUT2D eigenvalue weighted by Gasteiger charge is -2.42. The summed E-state index contributed by atoms with van der Waals surface area (Å²) in [4.78, 5) is 16.4. The fraction of sp³-hybridized carbons (Fsp3) is 0.391. The van der Waals surface area contributed by atoms with Crippen molar-refractivity contribution < 1.29 is 9.18 Å². The topological polar surface area (TPSA) is 42.0 Å². The predicted octanol–water partition coefficient (Wildman–Crippen LogP) is 4.32. The summed E-state index contributed by atoms with van der Waals surface area (Å²) in [5, 5.41) is 3.14. The first-order valence-corrected chi connectivity index (χ1v) is 9.64. The van der Waals surface area contributed by atoms with Crippen LogP contribution in [-0.4, -0.2) is 17.4 Å². The summed E-state index contributed by atoms with van der Waals surface area (Å²) >= 11 is 0. The van der Waals surface area contributed by atoms with E-state index in [1.807, 2.05) is 12.1 Å². The third-order valence-electron chi connectivity index (χ3n) is 5.67. The average molecular weight is 362 g/mol. The number of pyridine rings is 1. The first kappa shape index (κ1) is 17.7. The summed E-state index contributed by atoms with van der Waals surface area (Å²) in [5.41, 5.74) is 2.31. The molecule has 2 aliphatic rings. The van der Waals surface area contributed by atoms with Crippen molar-refractivity contribution in [3.63, 3.8) is 0 Å². The van der Waals surface area contributed by atoms with Crippen LogP contribution in [0.4, 0.5) is 4.39 Å². The van der Waals surface area contributed by atoms with E-state index in [-0.39, 0.29) is 11.7 Å². The van der Waals surface area contributed by atoms with Gasteiger partial charge in [0, 0.05) is 17.7 Å². The van der Waals surface area contributed by atoms with Crippen molar-refractivity contribution in [3.05, 3.63) is 65.2 Å². The molecule has 138 valence electrons. The van der Waals surface area contributed by atoms with Gasteiger partial charge in [-0.05, 0) is 72.9 Å². The molecule has 1 aromatic heterocycles. The monoisotopic (exact) mass is 362 g/mol. The van der Waals surface area contributed by atoms with Gasteiger partial charge >= 0.3 is 0 Å². The lowest BCUT2D eigenvalue weighted by molar-refractivity contribution is 0.0814. The molecule has 1 heterocycles. The summed E-state index contributed by atoms with van der Waals surface area (Å²) < 4.78 is 12.8. The van der Waals surface area contributed by atoms with Gasteiger partial charge in [0.05, 0.1) is 6.20 Å². The number of halogens is 1. The molecule has 1 amide bonds. The Hall–Kier alpha value is -2.67. The summed E-state index contributed by atoms with van der Waals surface area (Å²) in [6, 6.07) is 10.1. The lowest BCUT2D eigenvalue weighted by atomic mass is 9.65. The molecule has 2 aromatic rings. The van der Waals surface area contributed by atoms with Gasteiger partial charge in [-0.3, -0.25) is 4.79 Å². The Labute approximate surface area is 159 Å². The van der Waals surface area contributed by atoms with Crippen molar-refractivity contribution in [1.82, 2.24) is 10.3 Å². The zero-order chi connectivity index (χ0) is 18.7. The van der Waals surface area contributed by atoms with Crippen LogP contribution in [0.15, 0.2) is 42.6 Å². The second-order valence-corrected chi connectivity index (χ2v) is 7.87. The van der Waals surface area contributed by atoms with Crippen molar-refractivity contribution >= 4 is 5.91 Å². The van der Waals surface area contributed by atoms with E-state index in [0.717, 1.165) is 24.2 Å². The Balaban J connectivity index is 1.34. The number of rotatable bonds is 5.